The normalized spacial score (nSPS) is 23.8. The van der Waals surface area contributed by atoms with Crippen molar-refractivity contribution < 1.29 is 14.3 Å². The molecule has 2 N–H and O–H groups in total. The van der Waals surface area contributed by atoms with Crippen molar-refractivity contribution in [3.8, 4) is 0 Å². The highest BCUT2D eigenvalue weighted by Crippen LogP contribution is 2.27. The van der Waals surface area contributed by atoms with E-state index in [1.165, 1.54) is 0 Å². The second-order valence-electron chi connectivity index (χ2n) is 9.10. The number of aliphatic imine (C=N–C) groups is 1. The summed E-state index contributed by atoms with van der Waals surface area (Å²) in [6.45, 7) is 13.4. The Labute approximate surface area is 190 Å². The number of fused-ring (bicyclic) bond motifs is 1. The Morgan fingerprint density at radius 2 is 2.12 bits per heavy atom. The van der Waals surface area contributed by atoms with Crippen LogP contribution in [0.25, 0.3) is 5.57 Å². The Kier molecular flexibility index (Phi) is 8.19. The Morgan fingerprint density at radius 3 is 2.69 bits per heavy atom. The van der Waals surface area contributed by atoms with Crippen molar-refractivity contribution in [1.82, 2.24) is 15.1 Å². The van der Waals surface area contributed by atoms with Crippen LogP contribution in [0.2, 0.25) is 0 Å². The van der Waals surface area contributed by atoms with Crippen molar-refractivity contribution in [1.29, 1.82) is 0 Å². The number of carbonyl (C=O) groups excluding carboxylic acids is 2. The average Bonchev–Trinajstić information content (AvgIpc) is 3.03. The molecule has 0 aromatic carbocycles. The van der Waals surface area contributed by atoms with E-state index in [1.807, 2.05) is 52.8 Å². The van der Waals surface area contributed by atoms with Crippen molar-refractivity contribution in [2.24, 2.45) is 23.9 Å². The quantitative estimate of drug-likeness (QED) is 0.689. The first-order valence-electron chi connectivity index (χ1n) is 10.8. The van der Waals surface area contributed by atoms with Crippen molar-refractivity contribution >= 4 is 29.0 Å². The first-order chi connectivity index (χ1) is 15.0. The molecule has 1 aromatic heterocycles. The van der Waals surface area contributed by atoms with E-state index in [2.05, 4.69) is 27.3 Å². The van der Waals surface area contributed by atoms with Gasteiger partial charge in [-0.25, -0.2) is 4.79 Å². The minimum atomic E-state index is -0.624. The molecule has 0 unspecified atom stereocenters. The van der Waals surface area contributed by atoms with E-state index in [-0.39, 0.29) is 17.7 Å². The summed E-state index contributed by atoms with van der Waals surface area (Å²) < 4.78 is 7.13. The summed E-state index contributed by atoms with van der Waals surface area (Å²) in [6.07, 6.45) is 8.86. The van der Waals surface area contributed by atoms with Crippen molar-refractivity contribution in [3.05, 3.63) is 42.8 Å². The van der Waals surface area contributed by atoms with E-state index >= 15 is 0 Å². The number of ether oxygens (including phenoxy) is 1. The molecule has 2 rings (SSSR count). The average molecular weight is 442 g/mol. The third-order valence-corrected chi connectivity index (χ3v) is 5.04. The molecule has 0 saturated carbocycles. The van der Waals surface area contributed by atoms with E-state index in [4.69, 9.17) is 4.74 Å². The van der Waals surface area contributed by atoms with Crippen LogP contribution in [0.4, 0.5) is 10.5 Å². The molecule has 0 saturated heterocycles. The molecule has 8 heteroatoms. The molecular formula is C24H35N5O3. The van der Waals surface area contributed by atoms with E-state index in [9.17, 15) is 9.59 Å². The van der Waals surface area contributed by atoms with Gasteiger partial charge in [-0.05, 0) is 39.2 Å². The number of rotatable bonds is 3. The van der Waals surface area contributed by atoms with Crippen LogP contribution in [-0.4, -0.2) is 46.2 Å². The van der Waals surface area contributed by atoms with Crippen molar-refractivity contribution in [2.45, 2.75) is 52.7 Å². The fraction of sp³-hybridized carbons (Fsp3) is 0.500. The third kappa shape index (κ3) is 6.42. The van der Waals surface area contributed by atoms with Crippen LogP contribution < -0.4 is 10.6 Å². The largest absolute Gasteiger partial charge is 0.444 e. The summed E-state index contributed by atoms with van der Waals surface area (Å²) in [7, 11) is 3.47. The lowest BCUT2D eigenvalue weighted by Gasteiger charge is -2.24. The summed E-state index contributed by atoms with van der Waals surface area (Å²) in [5.41, 5.74) is 2.05. The zero-order valence-electron chi connectivity index (χ0n) is 20.1. The number of aryl methyl sites for hydroxylation is 1. The number of aromatic nitrogens is 2. The lowest BCUT2D eigenvalue weighted by molar-refractivity contribution is -0.119. The molecule has 0 fully saturated rings. The van der Waals surface area contributed by atoms with Gasteiger partial charge in [0.25, 0.3) is 0 Å². The third-order valence-electron chi connectivity index (χ3n) is 5.04. The smallest absolute Gasteiger partial charge is 0.408 e. The van der Waals surface area contributed by atoms with E-state index in [0.717, 1.165) is 5.57 Å². The monoisotopic (exact) mass is 441 g/mol. The number of nitrogens with zero attached hydrogens (tertiary/aromatic N) is 3. The number of anilines is 1. The molecule has 0 spiro atoms. The molecule has 0 aliphatic carbocycles. The molecule has 174 valence electrons. The number of hydrogen-bond donors (Lipinski definition) is 2. The Balaban J connectivity index is 2.58. The number of nitrogens with one attached hydrogen (secondary N) is 2. The molecule has 0 radical (unpaired) electrons. The lowest BCUT2D eigenvalue weighted by atomic mass is 9.92. The summed E-state index contributed by atoms with van der Waals surface area (Å²) in [4.78, 5) is 30.0. The molecule has 8 nitrogen and oxygen atoms in total. The number of alkyl carbamates (subject to hydrolysis) is 1. The van der Waals surface area contributed by atoms with E-state index in [1.54, 1.807) is 31.1 Å². The van der Waals surface area contributed by atoms with Crippen LogP contribution in [-0.2, 0) is 16.6 Å². The maximum atomic E-state index is 13.0. The highest BCUT2D eigenvalue weighted by atomic mass is 16.6. The molecule has 1 aliphatic rings. The summed E-state index contributed by atoms with van der Waals surface area (Å²) in [5.74, 6) is -0.376. The minimum absolute atomic E-state index is 0.0836. The summed E-state index contributed by atoms with van der Waals surface area (Å²) in [5, 5.41) is 10.2. The van der Waals surface area contributed by atoms with Crippen LogP contribution in [0.5, 0.6) is 0 Å². The fourth-order valence-electron chi connectivity index (χ4n) is 3.47. The SMILES string of the molecule is C=C/C1=C\C(=NC)[C@@H](NC(=O)OC(C)(C)C)C/C=C/[C@@H](C(C)C)C(=O)Nc2cnn(C)c21. The summed E-state index contributed by atoms with van der Waals surface area (Å²) in [6, 6.07) is -0.451. The first kappa shape index (κ1) is 25.1. The van der Waals surface area contributed by atoms with E-state index in [0.29, 0.717) is 23.5 Å². The first-order valence-corrected chi connectivity index (χ1v) is 10.8. The van der Waals surface area contributed by atoms with Crippen LogP contribution in [0.3, 0.4) is 0 Å². The zero-order chi connectivity index (χ0) is 24.1. The molecule has 0 bridgehead atoms. The highest BCUT2D eigenvalue weighted by Gasteiger charge is 2.25. The topological polar surface area (TPSA) is 97.6 Å². The van der Waals surface area contributed by atoms with Crippen molar-refractivity contribution in [2.75, 3.05) is 12.4 Å². The highest BCUT2D eigenvalue weighted by molar-refractivity contribution is 6.08. The van der Waals surface area contributed by atoms with Gasteiger partial charge in [0.2, 0.25) is 5.91 Å². The maximum absolute atomic E-state index is 13.0. The van der Waals surface area contributed by atoms with Gasteiger partial charge in [0.05, 0.1) is 35.2 Å². The molecule has 2 heterocycles. The van der Waals surface area contributed by atoms with Gasteiger partial charge in [0.1, 0.15) is 5.60 Å². The van der Waals surface area contributed by atoms with Gasteiger partial charge in [0, 0.05) is 19.7 Å². The summed E-state index contributed by atoms with van der Waals surface area (Å²) >= 11 is 0. The fourth-order valence-corrected chi connectivity index (χ4v) is 3.47. The maximum Gasteiger partial charge on any atom is 0.408 e. The Morgan fingerprint density at radius 1 is 1.44 bits per heavy atom. The molecule has 2 atom stereocenters. The number of allylic oxidation sites excluding steroid dienone is 2. The van der Waals surface area contributed by atoms with Crippen LogP contribution >= 0.6 is 0 Å². The standard InChI is InChI=1S/C24H35N5O3/c1-9-16-13-19(25-7)18(28-23(31)32-24(4,5)6)12-10-11-17(15(2)3)22(30)27-20-14-26-29(8)21(16)20/h9-11,13-15,17-18H,1,12H2,2-8H3,(H,27,30)(H,28,31)/b11-10+,16-13+,25-19?/t17-,18-/m0/s1. The second-order valence-corrected chi connectivity index (χ2v) is 9.10. The molecule has 1 aliphatic heterocycles. The predicted octanol–water partition coefficient (Wildman–Crippen LogP) is 4.12. The number of hydrogen-bond acceptors (Lipinski definition) is 5. The molecule has 1 aromatic rings. The number of carbonyl (C=O) groups is 2. The lowest BCUT2D eigenvalue weighted by Crippen LogP contribution is -2.43. The van der Waals surface area contributed by atoms with Gasteiger partial charge in [-0.15, -0.1) is 0 Å². The second kappa shape index (κ2) is 10.4. The van der Waals surface area contributed by atoms with Crippen LogP contribution in [0.15, 0.2) is 42.1 Å². The van der Waals surface area contributed by atoms with Crippen molar-refractivity contribution in [3.63, 3.8) is 0 Å². The van der Waals surface area contributed by atoms with Gasteiger partial charge in [-0.1, -0.05) is 38.7 Å². The predicted molar refractivity (Wildman–Crippen MR) is 129 cm³/mol. The van der Waals surface area contributed by atoms with Crippen LogP contribution in [0.1, 0.15) is 46.7 Å². The molecule has 32 heavy (non-hydrogen) atoms. The van der Waals surface area contributed by atoms with Gasteiger partial charge in [-0.2, -0.15) is 5.10 Å². The Bertz CT molecular complexity index is 947. The van der Waals surface area contributed by atoms with E-state index < -0.39 is 17.7 Å². The van der Waals surface area contributed by atoms with Gasteiger partial charge >= 0.3 is 6.09 Å². The Hall–Kier alpha value is -3.16. The number of amides is 2. The minimum Gasteiger partial charge on any atom is -0.444 e. The van der Waals surface area contributed by atoms with Crippen LogP contribution in [0, 0.1) is 11.8 Å². The van der Waals surface area contributed by atoms with Gasteiger partial charge in [-0.3, -0.25) is 14.5 Å². The van der Waals surface area contributed by atoms with Gasteiger partial charge in [0.15, 0.2) is 0 Å². The zero-order valence-corrected chi connectivity index (χ0v) is 20.1. The van der Waals surface area contributed by atoms with Gasteiger partial charge < -0.3 is 15.4 Å². The molecule has 2 amide bonds. The molecular weight excluding hydrogens is 406 g/mol.